The van der Waals surface area contributed by atoms with Crippen molar-refractivity contribution >= 4 is 70.7 Å². The van der Waals surface area contributed by atoms with Crippen LogP contribution in [0.3, 0.4) is 0 Å². The van der Waals surface area contributed by atoms with Gasteiger partial charge in [-0.1, -0.05) is 97.1 Å². The van der Waals surface area contributed by atoms with Crippen LogP contribution >= 0.6 is 0 Å². The summed E-state index contributed by atoms with van der Waals surface area (Å²) in [5, 5.41) is 22.8. The van der Waals surface area contributed by atoms with Gasteiger partial charge in [-0.15, -0.1) is 0 Å². The Morgan fingerprint density at radius 2 is 0.733 bits per heavy atom. The average molecular weight is 1220 g/mol. The number of hydrogen-bond acceptors (Lipinski definition) is 11. The summed E-state index contributed by atoms with van der Waals surface area (Å²) in [5.41, 5.74) is 11.8. The summed E-state index contributed by atoms with van der Waals surface area (Å²) in [7, 11) is 3.36. The summed E-state index contributed by atoms with van der Waals surface area (Å²) >= 11 is 0. The van der Waals surface area contributed by atoms with Gasteiger partial charge >= 0.3 is 11.9 Å². The van der Waals surface area contributed by atoms with E-state index < -0.39 is 17.8 Å². The van der Waals surface area contributed by atoms with Gasteiger partial charge in [0.15, 0.2) is 0 Å². The first-order chi connectivity index (χ1) is 43.0. The number of benzene rings is 8. The Balaban J connectivity index is 0.000000221. The lowest BCUT2D eigenvalue weighted by molar-refractivity contribution is -0.136. The van der Waals surface area contributed by atoms with E-state index in [0.717, 1.165) is 27.8 Å². The van der Waals surface area contributed by atoms with Gasteiger partial charge in [-0.3, -0.25) is 44.2 Å². The molecule has 0 radical (unpaired) electrons. The fourth-order valence-corrected chi connectivity index (χ4v) is 8.37. The van der Waals surface area contributed by atoms with E-state index in [1.165, 1.54) is 61.2 Å². The molecule has 90 heavy (non-hydrogen) atoms. The third kappa shape index (κ3) is 23.8. The monoisotopic (exact) mass is 1220 g/mol. The molecule has 0 bridgehead atoms. The lowest BCUT2D eigenvalue weighted by Gasteiger charge is -2.15. The lowest BCUT2D eigenvalue weighted by atomic mass is 10.0. The van der Waals surface area contributed by atoms with Crippen molar-refractivity contribution < 1.29 is 71.6 Å². The van der Waals surface area contributed by atoms with E-state index in [4.69, 9.17) is 25.1 Å². The van der Waals surface area contributed by atoms with Crippen molar-refractivity contribution in [3.63, 3.8) is 0 Å². The van der Waals surface area contributed by atoms with Crippen molar-refractivity contribution in [1.29, 1.82) is 0 Å². The Morgan fingerprint density at radius 3 is 1.03 bits per heavy atom. The Labute approximate surface area is 519 Å². The Hall–Kier alpha value is -11.3. The highest BCUT2D eigenvalue weighted by atomic mass is 19.1. The molecule has 19 heteroatoms. The first-order valence-electron chi connectivity index (χ1n) is 28.1. The van der Waals surface area contributed by atoms with Gasteiger partial charge in [-0.2, -0.15) is 0 Å². The molecule has 0 heterocycles. The Kier molecular flexibility index (Phi) is 25.7. The summed E-state index contributed by atoms with van der Waals surface area (Å²) < 4.78 is 43.7. The number of aliphatic carboxylic acids is 2. The Bertz CT molecular complexity index is 3820. The summed E-state index contributed by atoms with van der Waals surface area (Å²) in [6, 6.07) is 54.1. The molecule has 0 saturated carbocycles. The van der Waals surface area contributed by atoms with E-state index in [1.807, 2.05) is 60.7 Å². The molecule has 0 fully saturated rings. The van der Waals surface area contributed by atoms with E-state index in [1.54, 1.807) is 117 Å². The van der Waals surface area contributed by atoms with Gasteiger partial charge in [0.1, 0.15) is 46.1 Å². The number of nitrogens with one attached hydrogen (secondary N) is 2. The zero-order valence-electron chi connectivity index (χ0n) is 49.7. The molecule has 8 aromatic carbocycles. The molecular formula is C71H66F2N4O13. The first-order valence-corrected chi connectivity index (χ1v) is 28.1. The maximum absolute atomic E-state index is 13.3. The number of imide groups is 2. The van der Waals surface area contributed by atoms with Gasteiger partial charge in [0.2, 0.25) is 29.5 Å². The predicted molar refractivity (Wildman–Crippen MR) is 337 cm³/mol. The molecule has 6 N–H and O–H groups in total. The molecule has 17 nitrogen and oxygen atoms in total. The van der Waals surface area contributed by atoms with Gasteiger partial charge in [0.25, 0.3) is 5.91 Å². The molecule has 8 aromatic rings. The van der Waals surface area contributed by atoms with Crippen LogP contribution in [0.1, 0.15) is 77.6 Å². The SMILES string of the molecule is CC(=O)NC(=O)CCc1ccc(Oc2ccc(/C(=C\c3ccc(F)cc3)C(=O)N(C)C)cc2)cc1.CC(=O)NC(=O)CCc1ccc(Oc2ccc(/C(=C\c3ccc(F)cc3)C(=O)O)cc2)cc1.NC(=O)CCc1ccc(Oc2ccc(CC(=O)O)cc2)cc1. The maximum Gasteiger partial charge on any atom is 0.336 e. The normalized spacial score (nSPS) is 10.8. The number of rotatable bonds is 23. The molecular weight excluding hydrogens is 1150 g/mol. The van der Waals surface area contributed by atoms with Crippen LogP contribution in [0.2, 0.25) is 0 Å². The van der Waals surface area contributed by atoms with Crippen LogP contribution in [-0.4, -0.2) is 76.6 Å². The third-order valence-corrected chi connectivity index (χ3v) is 12.9. The zero-order chi connectivity index (χ0) is 65.1. The fourth-order valence-electron chi connectivity index (χ4n) is 8.37. The molecule has 0 aliphatic heterocycles. The minimum atomic E-state index is -1.10. The van der Waals surface area contributed by atoms with Gasteiger partial charge in [-0.25, -0.2) is 13.6 Å². The molecule has 462 valence electrons. The standard InChI is InChI=1S/C28H27FN2O4.C26H22FNO5.C17H17NO4/c1-19(32)30-27(33)17-8-20-6-13-24(14-7-20)35-25-15-9-22(10-16-25)26(28(34)31(2)3)18-21-4-11-23(29)12-5-21;1-17(29)28-25(30)15-6-18-4-11-22(12-5-18)33-23-13-7-20(8-14-23)24(26(31)32)16-19-2-9-21(27)10-3-19;18-16(19)10-5-12-1-6-14(7-2-12)22-15-8-3-13(4-9-15)11-17(20)21/h4-7,9-16,18H,8,17H2,1-3H3,(H,30,32,33);2-5,7-14,16H,6,15H2,1H3,(H,31,32)(H,28,29,30);1-4,6-9H,5,10-11H2,(H2,18,19)(H,20,21)/b26-18+;24-16+;. The topological polar surface area (TPSA) is 258 Å². The summed E-state index contributed by atoms with van der Waals surface area (Å²) in [6.45, 7) is 2.60. The predicted octanol–water partition coefficient (Wildman–Crippen LogP) is 12.2. The van der Waals surface area contributed by atoms with Crippen LogP contribution < -0.4 is 30.6 Å². The number of primary amides is 1. The van der Waals surface area contributed by atoms with Gasteiger partial charge < -0.3 is 35.1 Å². The number of aryl methyl sites for hydroxylation is 3. The highest BCUT2D eigenvalue weighted by molar-refractivity contribution is 6.24. The number of carbonyl (C=O) groups is 8. The summed E-state index contributed by atoms with van der Waals surface area (Å²) in [4.78, 5) is 92.3. The van der Waals surface area contributed by atoms with Crippen LogP contribution in [0, 0.1) is 11.6 Å². The molecule has 0 unspecified atom stereocenters. The molecule has 0 spiro atoms. The average Bonchev–Trinajstić information content (AvgIpc) is 2.56. The maximum atomic E-state index is 13.3. The number of carboxylic acid groups (broad SMARTS) is 2. The molecule has 0 atom stereocenters. The molecule has 0 aliphatic carbocycles. The molecule has 6 amide bonds. The van der Waals surface area contributed by atoms with Crippen LogP contribution in [0.25, 0.3) is 23.3 Å². The van der Waals surface area contributed by atoms with Crippen LogP contribution in [-0.2, 0) is 64.0 Å². The van der Waals surface area contributed by atoms with E-state index in [0.29, 0.717) is 82.4 Å². The number of hydrogen-bond donors (Lipinski definition) is 5. The summed E-state index contributed by atoms with van der Waals surface area (Å²) in [6.07, 6.45) is 5.57. The van der Waals surface area contributed by atoms with Crippen molar-refractivity contribution in [2.24, 2.45) is 5.73 Å². The second-order valence-corrected chi connectivity index (χ2v) is 20.4. The lowest BCUT2D eigenvalue weighted by Crippen LogP contribution is -2.28. The van der Waals surface area contributed by atoms with E-state index in [-0.39, 0.29) is 66.1 Å². The third-order valence-electron chi connectivity index (χ3n) is 12.9. The molecule has 0 aliphatic rings. The number of carboxylic acids is 2. The quantitative estimate of drug-likeness (QED) is 0.0295. The largest absolute Gasteiger partial charge is 0.481 e. The molecule has 0 saturated heterocycles. The Morgan fingerprint density at radius 1 is 0.433 bits per heavy atom. The van der Waals surface area contributed by atoms with Crippen molar-refractivity contribution in [3.05, 3.63) is 250 Å². The second kappa shape index (κ2) is 34.1. The van der Waals surface area contributed by atoms with Crippen molar-refractivity contribution in [3.8, 4) is 34.5 Å². The van der Waals surface area contributed by atoms with Crippen molar-refractivity contribution in [2.75, 3.05) is 14.1 Å². The second-order valence-electron chi connectivity index (χ2n) is 20.4. The number of carbonyl (C=O) groups excluding carboxylic acids is 6. The van der Waals surface area contributed by atoms with Gasteiger partial charge in [0.05, 0.1) is 12.0 Å². The van der Waals surface area contributed by atoms with Gasteiger partial charge in [0, 0.05) is 52.8 Å². The number of nitrogens with two attached hydrogens (primary N) is 1. The smallest absolute Gasteiger partial charge is 0.336 e. The number of halogens is 2. The number of ether oxygens (including phenoxy) is 3. The fraction of sp³-hybridized carbons (Fsp3) is 0.155. The van der Waals surface area contributed by atoms with Gasteiger partial charge in [-0.05, 0) is 173 Å². The molecule has 0 aromatic heterocycles. The zero-order valence-corrected chi connectivity index (χ0v) is 49.7. The minimum absolute atomic E-state index is 0.00512. The number of amides is 6. The molecule has 8 rings (SSSR count). The summed E-state index contributed by atoms with van der Waals surface area (Å²) in [5.74, 6) is -0.903. The van der Waals surface area contributed by atoms with Crippen LogP contribution in [0.4, 0.5) is 8.78 Å². The highest BCUT2D eigenvalue weighted by Crippen LogP contribution is 2.29. The minimum Gasteiger partial charge on any atom is -0.481 e. The number of nitrogens with zero attached hydrogens (tertiary/aromatic N) is 1. The van der Waals surface area contributed by atoms with Crippen molar-refractivity contribution in [2.45, 2.75) is 58.8 Å². The van der Waals surface area contributed by atoms with Crippen LogP contribution in [0.15, 0.2) is 194 Å². The highest BCUT2D eigenvalue weighted by Gasteiger charge is 2.16. The van der Waals surface area contributed by atoms with E-state index >= 15 is 0 Å². The number of likely N-dealkylation sites (N-methyl/N-ethyl adjacent to an activating group) is 1. The van der Waals surface area contributed by atoms with Crippen molar-refractivity contribution in [1.82, 2.24) is 15.5 Å². The first kappa shape index (κ1) is 67.8. The van der Waals surface area contributed by atoms with E-state index in [2.05, 4.69) is 10.6 Å². The van der Waals surface area contributed by atoms with E-state index in [9.17, 15) is 52.2 Å². The van der Waals surface area contributed by atoms with Crippen LogP contribution in [0.5, 0.6) is 34.5 Å².